The Hall–Kier alpha value is -2.35. The zero-order valence-corrected chi connectivity index (χ0v) is 15.0. The van der Waals surface area contributed by atoms with Crippen LogP contribution in [-0.4, -0.2) is 52.5 Å². The number of carbonyl (C=O) groups is 2. The maximum atomic E-state index is 13.3. The van der Waals surface area contributed by atoms with Crippen LogP contribution in [0.2, 0.25) is 0 Å². The van der Waals surface area contributed by atoms with Crippen molar-refractivity contribution in [2.24, 2.45) is 4.99 Å². The van der Waals surface area contributed by atoms with E-state index >= 15 is 0 Å². The number of halogens is 1. The number of likely N-dealkylation sites (tertiary alicyclic amines) is 1. The lowest BCUT2D eigenvalue weighted by Crippen LogP contribution is -2.38. The average molecular weight is 374 g/mol. The summed E-state index contributed by atoms with van der Waals surface area (Å²) < 4.78 is 13.3. The highest BCUT2D eigenvalue weighted by atomic mass is 32.2. The highest BCUT2D eigenvalue weighted by molar-refractivity contribution is 8.16. The van der Waals surface area contributed by atoms with E-state index in [9.17, 15) is 14.0 Å². The van der Waals surface area contributed by atoms with Crippen LogP contribution < -0.4 is 5.32 Å². The number of hydrogen-bond donors (Lipinski definition) is 1. The molecule has 1 saturated heterocycles. The van der Waals surface area contributed by atoms with Crippen molar-refractivity contribution < 1.29 is 14.0 Å². The van der Waals surface area contributed by atoms with Gasteiger partial charge in [-0.05, 0) is 23.1 Å². The molecule has 136 valence electrons. The fourth-order valence-corrected chi connectivity index (χ4v) is 4.39. The van der Waals surface area contributed by atoms with Gasteiger partial charge in [-0.25, -0.2) is 4.39 Å². The van der Waals surface area contributed by atoms with Crippen LogP contribution in [0.4, 0.5) is 4.39 Å². The minimum Gasteiger partial charge on any atom is -0.351 e. The van der Waals surface area contributed by atoms with Gasteiger partial charge in [0.2, 0.25) is 11.8 Å². The standard InChI is InChI=1S/C18H19FN4O2S/c19-13-3-1-2-12(6-13)9-22-10-14(7-17(22)25)21-16(24)8-15-11-26-18-20-4-5-23(15)18/h1-3,6,11,14H,4-5,7-10H2,(H,21,24). The largest absolute Gasteiger partial charge is 0.351 e. The maximum absolute atomic E-state index is 13.3. The van der Waals surface area contributed by atoms with E-state index in [0.29, 0.717) is 19.5 Å². The van der Waals surface area contributed by atoms with Gasteiger partial charge in [-0.15, -0.1) is 0 Å². The second-order valence-electron chi connectivity index (χ2n) is 6.59. The molecule has 26 heavy (non-hydrogen) atoms. The van der Waals surface area contributed by atoms with Crippen LogP contribution in [0.25, 0.3) is 0 Å². The number of amides is 2. The SMILES string of the molecule is O=C(CC1=CSC2=NCCN12)NC1CC(=O)N(Cc2cccc(F)c2)C1. The van der Waals surface area contributed by atoms with Gasteiger partial charge >= 0.3 is 0 Å². The van der Waals surface area contributed by atoms with Crippen molar-refractivity contribution in [2.75, 3.05) is 19.6 Å². The molecule has 4 rings (SSSR count). The predicted octanol–water partition coefficient (Wildman–Crippen LogP) is 1.69. The van der Waals surface area contributed by atoms with Crippen LogP contribution in [0.1, 0.15) is 18.4 Å². The predicted molar refractivity (Wildman–Crippen MR) is 97.7 cm³/mol. The topological polar surface area (TPSA) is 65.0 Å². The molecule has 1 fully saturated rings. The molecule has 6 nitrogen and oxygen atoms in total. The molecule has 3 aliphatic heterocycles. The van der Waals surface area contributed by atoms with Crippen LogP contribution in [0.3, 0.4) is 0 Å². The lowest BCUT2D eigenvalue weighted by atomic mass is 10.2. The van der Waals surface area contributed by atoms with Crippen LogP contribution in [0.15, 0.2) is 40.4 Å². The number of nitrogens with one attached hydrogen (secondary N) is 1. The Morgan fingerprint density at radius 3 is 3.15 bits per heavy atom. The summed E-state index contributed by atoms with van der Waals surface area (Å²) in [4.78, 5) is 32.6. The second-order valence-corrected chi connectivity index (χ2v) is 7.43. The van der Waals surface area contributed by atoms with Gasteiger partial charge in [0.05, 0.1) is 19.0 Å². The molecule has 0 radical (unpaired) electrons. The van der Waals surface area contributed by atoms with Gasteiger partial charge < -0.3 is 15.1 Å². The molecule has 1 N–H and O–H groups in total. The minimum absolute atomic E-state index is 0.0239. The van der Waals surface area contributed by atoms with Crippen LogP contribution in [-0.2, 0) is 16.1 Å². The molecule has 3 aliphatic rings. The van der Waals surface area contributed by atoms with Crippen LogP contribution in [0.5, 0.6) is 0 Å². The molecule has 3 heterocycles. The first-order valence-corrected chi connectivity index (χ1v) is 9.46. The first-order chi connectivity index (χ1) is 12.6. The first kappa shape index (κ1) is 17.1. The van der Waals surface area contributed by atoms with E-state index in [2.05, 4.69) is 15.2 Å². The zero-order chi connectivity index (χ0) is 18.1. The number of aliphatic imine (C=N–C) groups is 1. The number of thioether (sulfide) groups is 1. The van der Waals surface area contributed by atoms with Gasteiger partial charge in [0, 0.05) is 31.8 Å². The summed E-state index contributed by atoms with van der Waals surface area (Å²) in [6, 6.07) is 6.03. The number of carbonyl (C=O) groups excluding carboxylic acids is 2. The number of amidine groups is 1. The van der Waals surface area contributed by atoms with E-state index in [0.717, 1.165) is 29.5 Å². The van der Waals surface area contributed by atoms with Crippen LogP contribution in [0, 0.1) is 5.82 Å². The third kappa shape index (κ3) is 3.60. The molecular weight excluding hydrogens is 355 g/mol. The Balaban J connectivity index is 1.30. The Morgan fingerprint density at radius 1 is 1.42 bits per heavy atom. The van der Waals surface area contributed by atoms with E-state index in [1.54, 1.807) is 28.8 Å². The third-order valence-electron chi connectivity index (χ3n) is 4.63. The molecule has 0 spiro atoms. The molecule has 0 saturated carbocycles. The quantitative estimate of drug-likeness (QED) is 0.852. The molecule has 0 bridgehead atoms. The van der Waals surface area contributed by atoms with Crippen molar-refractivity contribution >= 4 is 28.7 Å². The molecule has 1 unspecified atom stereocenters. The number of rotatable bonds is 5. The summed E-state index contributed by atoms with van der Waals surface area (Å²) in [5, 5.41) is 5.88. The van der Waals surface area contributed by atoms with E-state index in [4.69, 9.17) is 0 Å². The number of benzene rings is 1. The van der Waals surface area contributed by atoms with Crippen molar-refractivity contribution in [3.05, 3.63) is 46.8 Å². The van der Waals surface area contributed by atoms with Crippen molar-refractivity contribution in [2.45, 2.75) is 25.4 Å². The fourth-order valence-electron chi connectivity index (χ4n) is 3.44. The number of fused-ring (bicyclic) bond motifs is 1. The van der Waals surface area contributed by atoms with Gasteiger partial charge in [-0.2, -0.15) is 0 Å². The summed E-state index contributed by atoms with van der Waals surface area (Å²) in [5.41, 5.74) is 1.71. The summed E-state index contributed by atoms with van der Waals surface area (Å²) in [7, 11) is 0. The van der Waals surface area contributed by atoms with E-state index in [1.165, 1.54) is 12.1 Å². The normalized spacial score (nSPS) is 21.7. The van der Waals surface area contributed by atoms with E-state index in [1.807, 2.05) is 5.41 Å². The molecule has 8 heteroatoms. The summed E-state index contributed by atoms with van der Waals surface area (Å²) >= 11 is 1.55. The third-order valence-corrected chi connectivity index (χ3v) is 5.58. The molecule has 1 aromatic rings. The van der Waals surface area contributed by atoms with E-state index < -0.39 is 0 Å². The summed E-state index contributed by atoms with van der Waals surface area (Å²) in [6.07, 6.45) is 0.575. The highest BCUT2D eigenvalue weighted by Crippen LogP contribution is 2.30. The van der Waals surface area contributed by atoms with E-state index in [-0.39, 0.29) is 30.1 Å². The summed E-state index contributed by atoms with van der Waals surface area (Å²) in [6.45, 7) is 2.40. The lowest BCUT2D eigenvalue weighted by Gasteiger charge is -2.19. The van der Waals surface area contributed by atoms with Gasteiger partial charge in [-0.1, -0.05) is 23.9 Å². The maximum Gasteiger partial charge on any atom is 0.226 e. The monoisotopic (exact) mass is 374 g/mol. The van der Waals surface area contributed by atoms with Crippen molar-refractivity contribution in [3.8, 4) is 0 Å². The van der Waals surface area contributed by atoms with Crippen molar-refractivity contribution in [1.29, 1.82) is 0 Å². The number of nitrogens with zero attached hydrogens (tertiary/aromatic N) is 3. The second kappa shape index (κ2) is 7.11. The lowest BCUT2D eigenvalue weighted by molar-refractivity contribution is -0.128. The molecule has 2 amide bonds. The Labute approximate surface area is 155 Å². The highest BCUT2D eigenvalue weighted by Gasteiger charge is 2.32. The van der Waals surface area contributed by atoms with Gasteiger partial charge in [0.1, 0.15) is 5.82 Å². The Morgan fingerprint density at radius 2 is 2.31 bits per heavy atom. The van der Waals surface area contributed by atoms with Crippen molar-refractivity contribution in [3.63, 3.8) is 0 Å². The smallest absolute Gasteiger partial charge is 0.226 e. The Kier molecular flexibility index (Phi) is 4.67. The van der Waals surface area contributed by atoms with Crippen LogP contribution >= 0.6 is 11.8 Å². The van der Waals surface area contributed by atoms with Crippen molar-refractivity contribution in [1.82, 2.24) is 15.1 Å². The average Bonchev–Trinajstić information content (AvgIpc) is 3.27. The minimum atomic E-state index is -0.313. The van der Waals surface area contributed by atoms with Gasteiger partial charge in [0.15, 0.2) is 5.17 Å². The molecule has 1 aromatic carbocycles. The molecule has 1 atom stereocenters. The fraction of sp³-hybridized carbons (Fsp3) is 0.389. The first-order valence-electron chi connectivity index (χ1n) is 8.58. The van der Waals surface area contributed by atoms with Gasteiger partial charge in [0.25, 0.3) is 0 Å². The summed E-state index contributed by atoms with van der Waals surface area (Å²) in [5.74, 6) is -0.425. The Bertz CT molecular complexity index is 810. The molecular formula is C18H19FN4O2S. The molecule has 0 aliphatic carbocycles. The number of hydrogen-bond acceptors (Lipinski definition) is 5. The zero-order valence-electron chi connectivity index (χ0n) is 14.2. The van der Waals surface area contributed by atoms with Gasteiger partial charge in [-0.3, -0.25) is 14.6 Å². The molecule has 0 aromatic heterocycles.